The minimum atomic E-state index is -0.0888. The van der Waals surface area contributed by atoms with Gasteiger partial charge in [0.25, 0.3) is 0 Å². The largest absolute Gasteiger partial charge is 2.00 e. The van der Waals surface area contributed by atoms with Crippen molar-refractivity contribution >= 4 is 69.0 Å². The summed E-state index contributed by atoms with van der Waals surface area (Å²) in [6.07, 6.45) is 8.71. The number of rotatable bonds is 3. The molecule has 6 aromatic rings. The molecule has 5 heterocycles. The van der Waals surface area contributed by atoms with E-state index in [0.29, 0.717) is 0 Å². The Kier molecular flexibility index (Phi) is 13.5. The van der Waals surface area contributed by atoms with Crippen molar-refractivity contribution in [1.82, 2.24) is 19.9 Å². The third kappa shape index (κ3) is 10.4. The van der Waals surface area contributed by atoms with Gasteiger partial charge in [0, 0.05) is 3.57 Å². The fourth-order valence-corrected chi connectivity index (χ4v) is 9.46. The van der Waals surface area contributed by atoms with Gasteiger partial charge in [-0.3, -0.25) is 0 Å². The Morgan fingerprint density at radius 2 is 0.544 bits per heavy atom. The molecule has 0 spiro atoms. The summed E-state index contributed by atoms with van der Waals surface area (Å²) in [7, 11) is 0. The average Bonchev–Trinajstić information content (AvgIpc) is 4.05. The van der Waals surface area contributed by atoms with Gasteiger partial charge in [-0.05, 0) is 146 Å². The van der Waals surface area contributed by atoms with Crippen LogP contribution in [-0.2, 0) is 52.0 Å². The van der Waals surface area contributed by atoms with Crippen molar-refractivity contribution in [3.8, 4) is 33.4 Å². The molecule has 0 saturated heterocycles. The summed E-state index contributed by atoms with van der Waals surface area (Å²) in [4.78, 5) is 22.3. The number of fused-ring (bicyclic) bond motifs is 8. The predicted octanol–water partition coefficient (Wildman–Crippen LogP) is 17.3. The number of aromatic nitrogens is 4. The fourth-order valence-electron chi connectivity index (χ4n) is 8.85. The molecule has 0 atom stereocenters. The van der Waals surface area contributed by atoms with Crippen LogP contribution in [0, 0.1) is 3.57 Å². The van der Waals surface area contributed by atoms with Gasteiger partial charge in [-0.2, -0.15) is 0 Å². The standard InChI is InChI=1S/C62H71IN4.Zn/c1-57(2,3)39-27-36(28-40(33-39)58(4,5)6)53-45-19-21-47(64-45)54(37-29-41(59(7,8)9)34-42(30-37)60(10,11)12)49-23-25-51(66-49)56(63)52-26-24-50(67-52)55(48-22-20-46(53)65-48)38-31-43(61(13,14)15)35-44(32-38)62(16,17)18;/h19-35H,1-18H3;/q-2;+2. The summed E-state index contributed by atoms with van der Waals surface area (Å²) in [5.74, 6) is 0. The van der Waals surface area contributed by atoms with Gasteiger partial charge in [0.2, 0.25) is 0 Å². The molecule has 0 N–H and O–H groups in total. The third-order valence-corrected chi connectivity index (χ3v) is 14.5. The van der Waals surface area contributed by atoms with E-state index in [1.54, 1.807) is 0 Å². The summed E-state index contributed by atoms with van der Waals surface area (Å²) in [6.45, 7) is 41.4. The predicted molar refractivity (Wildman–Crippen MR) is 298 cm³/mol. The molecule has 0 radical (unpaired) electrons. The molecule has 0 fully saturated rings. The van der Waals surface area contributed by atoms with E-state index < -0.39 is 0 Å². The van der Waals surface area contributed by atoms with Crippen LogP contribution < -0.4 is 9.97 Å². The van der Waals surface area contributed by atoms with Gasteiger partial charge >= 0.3 is 19.5 Å². The number of hydrogen-bond acceptors (Lipinski definition) is 2. The molecule has 8 rings (SSSR count). The van der Waals surface area contributed by atoms with Crippen LogP contribution in [0.1, 0.15) is 181 Å². The van der Waals surface area contributed by atoms with Gasteiger partial charge in [0.15, 0.2) is 0 Å². The van der Waals surface area contributed by atoms with Crippen molar-refractivity contribution in [3.63, 3.8) is 0 Å². The summed E-state index contributed by atoms with van der Waals surface area (Å²) >= 11 is 2.44. The van der Waals surface area contributed by atoms with E-state index in [4.69, 9.17) is 19.9 Å². The topological polar surface area (TPSA) is 54.0 Å². The van der Waals surface area contributed by atoms with Crippen LogP contribution >= 0.6 is 22.6 Å². The number of halogens is 1. The van der Waals surface area contributed by atoms with E-state index in [1.165, 1.54) is 33.4 Å². The monoisotopic (exact) mass is 1060 g/mol. The van der Waals surface area contributed by atoms with Gasteiger partial charge in [-0.1, -0.05) is 203 Å². The molecule has 2 aliphatic heterocycles. The molecule has 348 valence electrons. The zero-order valence-electron chi connectivity index (χ0n) is 44.2. The van der Waals surface area contributed by atoms with Gasteiger partial charge in [0.1, 0.15) is 0 Å². The molecule has 0 amide bonds. The Balaban J connectivity index is 0.00000684. The van der Waals surface area contributed by atoms with Crippen LogP contribution in [-0.4, -0.2) is 9.97 Å². The number of nitrogens with zero attached hydrogens (tertiary/aromatic N) is 4. The Labute approximate surface area is 434 Å². The van der Waals surface area contributed by atoms with Crippen molar-refractivity contribution < 1.29 is 19.5 Å². The summed E-state index contributed by atoms with van der Waals surface area (Å²) in [5, 5.41) is 0. The minimum Gasteiger partial charge on any atom is -0.657 e. The Hall–Kier alpha value is -4.39. The summed E-state index contributed by atoms with van der Waals surface area (Å²) in [5.41, 5.74) is 20.7. The first-order chi connectivity index (χ1) is 30.9. The van der Waals surface area contributed by atoms with E-state index in [-0.39, 0.29) is 52.0 Å². The maximum Gasteiger partial charge on any atom is 2.00 e. The Bertz CT molecular complexity index is 3010. The molecular weight excluding hydrogens is 993 g/mol. The first kappa shape index (κ1) is 51.5. The van der Waals surface area contributed by atoms with Crippen LogP contribution in [0.15, 0.2) is 78.9 Å². The van der Waals surface area contributed by atoms with Crippen LogP contribution in [0.5, 0.6) is 0 Å². The normalized spacial score (nSPS) is 13.6. The molecule has 2 aliphatic rings. The average molecular weight is 1060 g/mol. The molecule has 3 aromatic heterocycles. The molecule has 6 heteroatoms. The zero-order valence-corrected chi connectivity index (χ0v) is 49.3. The van der Waals surface area contributed by atoms with Crippen LogP contribution in [0.2, 0.25) is 0 Å². The molecule has 0 unspecified atom stereocenters. The van der Waals surface area contributed by atoms with E-state index >= 15 is 0 Å². The van der Waals surface area contributed by atoms with Gasteiger partial charge in [0.05, 0.1) is 22.8 Å². The smallest absolute Gasteiger partial charge is 0.657 e. The molecule has 0 saturated carbocycles. The van der Waals surface area contributed by atoms with Gasteiger partial charge in [-0.15, -0.1) is 22.1 Å². The third-order valence-electron chi connectivity index (χ3n) is 13.4. The first-order valence-corrected chi connectivity index (χ1v) is 25.1. The minimum absolute atomic E-state index is 0. The van der Waals surface area contributed by atoms with Crippen molar-refractivity contribution in [1.29, 1.82) is 0 Å². The van der Waals surface area contributed by atoms with Crippen molar-refractivity contribution in [2.75, 3.05) is 0 Å². The number of benzene rings is 3. The quantitative estimate of drug-likeness (QED) is 0.131. The molecule has 8 bridgehead atoms. The van der Waals surface area contributed by atoms with Gasteiger partial charge in [-0.25, -0.2) is 9.97 Å². The van der Waals surface area contributed by atoms with Crippen LogP contribution in [0.4, 0.5) is 0 Å². The zero-order chi connectivity index (χ0) is 49.0. The SMILES string of the molecule is CC(C)(C)c1cc(-c2c3nc(c(-c4cc(C(C)(C)C)cc(C(C)(C)C)c4)c4ccc([n-]4)c(-c4cc(C(C)(C)C)cc(C(C)(C)C)c4)c4nc(c(I)c5ccc2[n-]5)C=C4)C=C3)cc(C(C)(C)C)c1.[Zn+2]. The molecule has 4 nitrogen and oxygen atoms in total. The van der Waals surface area contributed by atoms with Gasteiger partial charge < -0.3 is 9.97 Å². The second-order valence-corrected chi connectivity index (χ2v) is 26.3. The van der Waals surface area contributed by atoms with E-state index in [1.807, 2.05) is 0 Å². The fraction of sp³-hybridized carbons (Fsp3) is 0.387. The summed E-state index contributed by atoms with van der Waals surface area (Å²) < 4.78 is 0.995. The van der Waals surface area contributed by atoms with E-state index in [0.717, 1.165) is 81.8 Å². The molecule has 3 aromatic carbocycles. The summed E-state index contributed by atoms with van der Waals surface area (Å²) in [6, 6.07) is 30.1. The second-order valence-electron chi connectivity index (χ2n) is 25.2. The second kappa shape index (κ2) is 17.8. The molecule has 0 aliphatic carbocycles. The van der Waals surface area contributed by atoms with E-state index in [2.05, 4.69) is 250 Å². The van der Waals surface area contributed by atoms with Crippen molar-refractivity contribution in [2.45, 2.75) is 157 Å². The van der Waals surface area contributed by atoms with Crippen molar-refractivity contribution in [2.24, 2.45) is 0 Å². The maximum absolute atomic E-state index is 5.69. The molecule has 68 heavy (non-hydrogen) atoms. The Morgan fingerprint density at radius 3 is 0.809 bits per heavy atom. The Morgan fingerprint density at radius 1 is 0.324 bits per heavy atom. The van der Waals surface area contributed by atoms with Crippen LogP contribution in [0.3, 0.4) is 0 Å². The molecular formula is C62H71IN4Zn. The van der Waals surface area contributed by atoms with Crippen molar-refractivity contribution in [3.05, 3.63) is 139 Å². The van der Waals surface area contributed by atoms with E-state index in [9.17, 15) is 0 Å². The number of hydrogen-bond donors (Lipinski definition) is 0. The maximum atomic E-state index is 5.69. The van der Waals surface area contributed by atoms with Crippen LogP contribution in [0.25, 0.3) is 79.8 Å². The first-order valence-electron chi connectivity index (χ1n) is 24.1.